The molecule has 3 rings (SSSR count). The zero-order chi connectivity index (χ0) is 19.9. The van der Waals surface area contributed by atoms with Crippen LogP contribution in [0.15, 0.2) is 53.5 Å². The van der Waals surface area contributed by atoms with E-state index in [2.05, 4.69) is 22.5 Å². The summed E-state index contributed by atoms with van der Waals surface area (Å²) >= 11 is 0. The molecule has 0 radical (unpaired) electrons. The number of hydrogen-bond acceptors (Lipinski definition) is 4. The Morgan fingerprint density at radius 2 is 1.89 bits per heavy atom. The molecule has 1 unspecified atom stereocenters. The summed E-state index contributed by atoms with van der Waals surface area (Å²) in [5.41, 5.74) is 2.56. The van der Waals surface area contributed by atoms with Crippen molar-refractivity contribution in [3.05, 3.63) is 65.2 Å². The third kappa shape index (κ3) is 5.19. The summed E-state index contributed by atoms with van der Waals surface area (Å²) in [6.07, 6.45) is 2.31. The van der Waals surface area contributed by atoms with Crippen LogP contribution in [0.5, 0.6) is 5.75 Å². The highest BCUT2D eigenvalue weighted by molar-refractivity contribution is 6.10. The topological polar surface area (TPSA) is 79.8 Å². The fourth-order valence-electron chi connectivity index (χ4n) is 2.85. The van der Waals surface area contributed by atoms with Crippen LogP contribution in [0, 0.1) is 6.92 Å². The number of hydrogen-bond donors (Lipinski definition) is 2. The van der Waals surface area contributed by atoms with Gasteiger partial charge in [0, 0.05) is 5.56 Å². The third-order valence-corrected chi connectivity index (χ3v) is 4.50. The second-order valence-electron chi connectivity index (χ2n) is 6.84. The van der Waals surface area contributed by atoms with E-state index in [9.17, 15) is 9.59 Å². The number of nitrogens with one attached hydrogen (secondary N) is 2. The molecule has 1 atom stereocenters. The Bertz CT molecular complexity index is 858. The van der Waals surface area contributed by atoms with Crippen molar-refractivity contribution < 1.29 is 14.3 Å². The largest absolute Gasteiger partial charge is 0.494 e. The maximum absolute atomic E-state index is 12.5. The molecule has 2 aromatic rings. The van der Waals surface area contributed by atoms with Crippen molar-refractivity contribution in [3.8, 4) is 5.75 Å². The van der Waals surface area contributed by atoms with Crippen LogP contribution in [0.4, 0.5) is 0 Å². The fourth-order valence-corrected chi connectivity index (χ4v) is 2.85. The highest BCUT2D eigenvalue weighted by Gasteiger charge is 2.23. The Morgan fingerprint density at radius 3 is 2.57 bits per heavy atom. The molecule has 2 aromatic carbocycles. The van der Waals surface area contributed by atoms with Gasteiger partial charge < -0.3 is 4.74 Å². The lowest BCUT2D eigenvalue weighted by atomic mass is 10.0. The van der Waals surface area contributed by atoms with Gasteiger partial charge in [0.1, 0.15) is 5.75 Å². The fraction of sp³-hybridized carbons (Fsp3) is 0.318. The smallest absolute Gasteiger partial charge is 0.257 e. The van der Waals surface area contributed by atoms with E-state index in [0.717, 1.165) is 29.7 Å². The second-order valence-corrected chi connectivity index (χ2v) is 6.84. The van der Waals surface area contributed by atoms with Gasteiger partial charge in [-0.05, 0) is 43.2 Å². The Kier molecular flexibility index (Phi) is 6.42. The summed E-state index contributed by atoms with van der Waals surface area (Å²) in [5.74, 6) is 0.405. The lowest BCUT2D eigenvalue weighted by Crippen LogP contribution is -2.47. The minimum Gasteiger partial charge on any atom is -0.494 e. The van der Waals surface area contributed by atoms with Crippen LogP contribution in [-0.2, 0) is 4.79 Å². The average molecular weight is 379 g/mol. The SMILES string of the molecule is CCCCOc1ccc(C(=O)NC2=NC(c3ccc(C)cc3)CC(=O)N2)cc1. The molecule has 6 nitrogen and oxygen atoms in total. The highest BCUT2D eigenvalue weighted by Crippen LogP contribution is 2.23. The number of guanidine groups is 1. The van der Waals surface area contributed by atoms with Gasteiger partial charge in [0.15, 0.2) is 0 Å². The molecule has 6 heteroatoms. The maximum atomic E-state index is 12.5. The Labute approximate surface area is 165 Å². The Hall–Kier alpha value is -3.15. The summed E-state index contributed by atoms with van der Waals surface area (Å²) in [4.78, 5) is 29.0. The molecule has 146 valence electrons. The minimum atomic E-state index is -0.330. The number of benzene rings is 2. The first-order valence-corrected chi connectivity index (χ1v) is 9.53. The van der Waals surface area contributed by atoms with Gasteiger partial charge in [0.2, 0.25) is 11.9 Å². The van der Waals surface area contributed by atoms with E-state index in [4.69, 9.17) is 4.74 Å². The Morgan fingerprint density at radius 1 is 1.18 bits per heavy atom. The molecule has 0 aromatic heterocycles. The molecule has 0 bridgehead atoms. The molecule has 0 aliphatic carbocycles. The lowest BCUT2D eigenvalue weighted by molar-refractivity contribution is -0.120. The predicted octanol–water partition coefficient (Wildman–Crippen LogP) is 3.52. The van der Waals surface area contributed by atoms with Gasteiger partial charge >= 0.3 is 0 Å². The van der Waals surface area contributed by atoms with Crippen molar-refractivity contribution in [2.24, 2.45) is 4.99 Å². The Balaban J connectivity index is 1.66. The van der Waals surface area contributed by atoms with Crippen LogP contribution in [0.2, 0.25) is 0 Å². The van der Waals surface area contributed by atoms with E-state index in [1.54, 1.807) is 24.3 Å². The van der Waals surface area contributed by atoms with Crippen molar-refractivity contribution in [2.75, 3.05) is 6.61 Å². The van der Waals surface area contributed by atoms with Gasteiger partial charge in [0.05, 0.1) is 19.1 Å². The summed E-state index contributed by atoms with van der Waals surface area (Å²) in [7, 11) is 0. The molecule has 0 saturated carbocycles. The summed E-state index contributed by atoms with van der Waals surface area (Å²) < 4.78 is 5.60. The van der Waals surface area contributed by atoms with E-state index in [-0.39, 0.29) is 30.2 Å². The number of aliphatic imine (C=N–C) groups is 1. The first-order chi connectivity index (χ1) is 13.5. The molecule has 28 heavy (non-hydrogen) atoms. The quantitative estimate of drug-likeness (QED) is 0.754. The summed E-state index contributed by atoms with van der Waals surface area (Å²) in [6, 6.07) is 14.5. The first kappa shape index (κ1) is 19.6. The monoisotopic (exact) mass is 379 g/mol. The van der Waals surface area contributed by atoms with Crippen LogP contribution in [0.3, 0.4) is 0 Å². The normalized spacial score (nSPS) is 16.1. The van der Waals surface area contributed by atoms with E-state index >= 15 is 0 Å². The number of ether oxygens (including phenoxy) is 1. The van der Waals surface area contributed by atoms with E-state index in [1.165, 1.54) is 0 Å². The van der Waals surface area contributed by atoms with Crippen LogP contribution in [0.25, 0.3) is 0 Å². The van der Waals surface area contributed by atoms with E-state index < -0.39 is 0 Å². The number of rotatable bonds is 6. The number of amides is 2. The molecular formula is C22H25N3O3. The molecule has 0 fully saturated rings. The maximum Gasteiger partial charge on any atom is 0.257 e. The van der Waals surface area contributed by atoms with Gasteiger partial charge in [-0.2, -0.15) is 0 Å². The van der Waals surface area contributed by atoms with Crippen molar-refractivity contribution in [2.45, 2.75) is 39.2 Å². The van der Waals surface area contributed by atoms with Crippen molar-refractivity contribution in [1.29, 1.82) is 0 Å². The summed E-state index contributed by atoms with van der Waals surface area (Å²) in [6.45, 7) is 4.77. The average Bonchev–Trinajstić information content (AvgIpc) is 2.69. The zero-order valence-electron chi connectivity index (χ0n) is 16.2. The van der Waals surface area contributed by atoms with E-state index in [0.29, 0.717) is 12.2 Å². The molecule has 0 saturated heterocycles. The molecule has 1 aliphatic heterocycles. The van der Waals surface area contributed by atoms with Gasteiger partial charge in [-0.3, -0.25) is 20.2 Å². The van der Waals surface area contributed by atoms with Gasteiger partial charge in [0.25, 0.3) is 5.91 Å². The van der Waals surface area contributed by atoms with Crippen LogP contribution in [-0.4, -0.2) is 24.4 Å². The van der Waals surface area contributed by atoms with Gasteiger partial charge in [-0.15, -0.1) is 0 Å². The third-order valence-electron chi connectivity index (χ3n) is 4.50. The van der Waals surface area contributed by atoms with Crippen LogP contribution in [0.1, 0.15) is 53.7 Å². The minimum absolute atomic E-state index is 0.171. The van der Waals surface area contributed by atoms with Crippen molar-refractivity contribution in [3.63, 3.8) is 0 Å². The molecule has 2 amide bonds. The number of aryl methyl sites for hydroxylation is 1. The van der Waals surface area contributed by atoms with Crippen LogP contribution < -0.4 is 15.4 Å². The second kappa shape index (κ2) is 9.17. The lowest BCUT2D eigenvalue weighted by Gasteiger charge is -2.21. The molecular weight excluding hydrogens is 354 g/mol. The first-order valence-electron chi connectivity index (χ1n) is 9.53. The van der Waals surface area contributed by atoms with Gasteiger partial charge in [-0.1, -0.05) is 43.2 Å². The zero-order valence-corrected chi connectivity index (χ0v) is 16.2. The van der Waals surface area contributed by atoms with E-state index in [1.807, 2.05) is 31.2 Å². The van der Waals surface area contributed by atoms with Crippen molar-refractivity contribution >= 4 is 17.8 Å². The molecule has 1 aliphatic rings. The summed E-state index contributed by atoms with van der Waals surface area (Å²) in [5, 5.41) is 5.32. The standard InChI is InChI=1S/C22H25N3O3/c1-3-4-13-28-18-11-9-17(10-12-18)21(27)25-22-23-19(14-20(26)24-22)16-7-5-15(2)6-8-16/h5-12,19H,3-4,13-14H2,1-2H3,(H2,23,24,25,26,27). The molecule has 1 heterocycles. The number of carbonyl (C=O) groups is 2. The van der Waals surface area contributed by atoms with Crippen molar-refractivity contribution in [1.82, 2.24) is 10.6 Å². The van der Waals surface area contributed by atoms with Crippen LogP contribution >= 0.6 is 0 Å². The molecule has 0 spiro atoms. The molecule has 2 N–H and O–H groups in total. The highest BCUT2D eigenvalue weighted by atomic mass is 16.5. The number of nitrogens with zero attached hydrogens (tertiary/aromatic N) is 1. The number of unbranched alkanes of at least 4 members (excludes halogenated alkanes) is 1. The number of carbonyl (C=O) groups excluding carboxylic acids is 2. The van der Waals surface area contributed by atoms with Gasteiger partial charge in [-0.25, -0.2) is 4.99 Å². The predicted molar refractivity (Wildman–Crippen MR) is 108 cm³/mol.